The molecule has 0 bridgehead atoms. The van der Waals surface area contributed by atoms with Gasteiger partial charge >= 0.3 is 0 Å². The van der Waals surface area contributed by atoms with Gasteiger partial charge in [-0.25, -0.2) is 8.78 Å². The van der Waals surface area contributed by atoms with Gasteiger partial charge in [-0.05, 0) is 36.8 Å². The first-order valence-electron chi connectivity index (χ1n) is 6.55. The molecule has 0 saturated heterocycles. The van der Waals surface area contributed by atoms with Crippen LogP contribution < -0.4 is 11.1 Å². The van der Waals surface area contributed by atoms with Gasteiger partial charge in [0.1, 0.15) is 11.6 Å². The summed E-state index contributed by atoms with van der Waals surface area (Å²) in [6, 6.07) is 10.4. The topological polar surface area (TPSA) is 55.1 Å². The van der Waals surface area contributed by atoms with Crippen molar-refractivity contribution < 1.29 is 13.6 Å². The molecule has 2 aromatic carbocycles. The van der Waals surface area contributed by atoms with E-state index in [9.17, 15) is 13.6 Å². The third kappa shape index (κ3) is 3.86. The Morgan fingerprint density at radius 3 is 2.24 bits per heavy atom. The SMILES string of the molecule is CC(N)c1ccc(NC(=O)Cc2c(F)cccc2F)cc1. The molecule has 110 valence electrons. The van der Waals surface area contributed by atoms with Gasteiger partial charge < -0.3 is 11.1 Å². The Balaban J connectivity index is 2.05. The summed E-state index contributed by atoms with van der Waals surface area (Å²) in [5.74, 6) is -1.93. The van der Waals surface area contributed by atoms with Crippen LogP contribution in [0.2, 0.25) is 0 Å². The Bertz CT molecular complexity index is 619. The summed E-state index contributed by atoms with van der Waals surface area (Å²) < 4.78 is 26.9. The number of halogens is 2. The maximum atomic E-state index is 13.5. The molecule has 5 heteroatoms. The molecule has 3 nitrogen and oxygen atoms in total. The zero-order valence-corrected chi connectivity index (χ0v) is 11.6. The van der Waals surface area contributed by atoms with E-state index in [4.69, 9.17) is 5.73 Å². The smallest absolute Gasteiger partial charge is 0.229 e. The van der Waals surface area contributed by atoms with Crippen molar-refractivity contribution in [1.82, 2.24) is 0 Å². The van der Waals surface area contributed by atoms with Crippen LogP contribution in [0.1, 0.15) is 24.1 Å². The van der Waals surface area contributed by atoms with E-state index in [0.717, 1.165) is 17.7 Å². The van der Waals surface area contributed by atoms with Crippen LogP contribution in [-0.4, -0.2) is 5.91 Å². The lowest BCUT2D eigenvalue weighted by molar-refractivity contribution is -0.115. The van der Waals surface area contributed by atoms with Crippen LogP contribution in [0.3, 0.4) is 0 Å². The van der Waals surface area contributed by atoms with E-state index in [2.05, 4.69) is 5.32 Å². The second-order valence-electron chi connectivity index (χ2n) is 4.84. The van der Waals surface area contributed by atoms with E-state index in [0.29, 0.717) is 5.69 Å². The molecule has 0 aliphatic carbocycles. The first-order chi connectivity index (χ1) is 9.97. The van der Waals surface area contributed by atoms with Crippen LogP contribution in [0.25, 0.3) is 0 Å². The molecule has 0 spiro atoms. The van der Waals surface area contributed by atoms with Gasteiger partial charge in [-0.2, -0.15) is 0 Å². The number of carbonyl (C=O) groups is 1. The Labute approximate surface area is 121 Å². The summed E-state index contributed by atoms with van der Waals surface area (Å²) in [5.41, 5.74) is 6.99. The molecule has 2 rings (SSSR count). The number of amides is 1. The number of nitrogens with two attached hydrogens (primary N) is 1. The van der Waals surface area contributed by atoms with Crippen LogP contribution in [-0.2, 0) is 11.2 Å². The highest BCUT2D eigenvalue weighted by molar-refractivity contribution is 5.92. The number of hydrogen-bond donors (Lipinski definition) is 2. The molecule has 0 heterocycles. The van der Waals surface area contributed by atoms with E-state index >= 15 is 0 Å². The summed E-state index contributed by atoms with van der Waals surface area (Å²) in [6.45, 7) is 1.86. The Hall–Kier alpha value is -2.27. The van der Waals surface area contributed by atoms with E-state index in [1.165, 1.54) is 6.07 Å². The standard InChI is InChI=1S/C16H16F2N2O/c1-10(19)11-5-7-12(8-6-11)20-16(21)9-13-14(17)3-2-4-15(13)18/h2-8,10H,9,19H2,1H3,(H,20,21). The number of rotatable bonds is 4. The predicted octanol–water partition coefficient (Wildman–Crippen LogP) is 3.17. The molecule has 0 aliphatic rings. The summed E-state index contributed by atoms with van der Waals surface area (Å²) in [7, 11) is 0. The van der Waals surface area contributed by atoms with Crippen molar-refractivity contribution in [2.45, 2.75) is 19.4 Å². The minimum atomic E-state index is -0.725. The lowest BCUT2D eigenvalue weighted by atomic mass is 10.1. The lowest BCUT2D eigenvalue weighted by Gasteiger charge is -2.09. The third-order valence-electron chi connectivity index (χ3n) is 3.12. The molecule has 1 atom stereocenters. The van der Waals surface area contributed by atoms with E-state index < -0.39 is 17.5 Å². The quantitative estimate of drug-likeness (QED) is 0.908. The van der Waals surface area contributed by atoms with Crippen molar-refractivity contribution in [2.24, 2.45) is 5.73 Å². The molecule has 0 fully saturated rings. The highest BCUT2D eigenvalue weighted by Gasteiger charge is 2.13. The second-order valence-corrected chi connectivity index (χ2v) is 4.84. The maximum Gasteiger partial charge on any atom is 0.229 e. The monoisotopic (exact) mass is 290 g/mol. The summed E-state index contributed by atoms with van der Waals surface area (Å²) in [6.07, 6.45) is -0.354. The van der Waals surface area contributed by atoms with Gasteiger partial charge in [-0.1, -0.05) is 18.2 Å². The fourth-order valence-electron chi connectivity index (χ4n) is 1.94. The minimum Gasteiger partial charge on any atom is -0.326 e. The molecule has 1 amide bonds. The largest absolute Gasteiger partial charge is 0.326 e. The van der Waals surface area contributed by atoms with Crippen molar-refractivity contribution in [2.75, 3.05) is 5.32 Å². The zero-order chi connectivity index (χ0) is 15.4. The van der Waals surface area contributed by atoms with E-state index in [-0.39, 0.29) is 18.0 Å². The van der Waals surface area contributed by atoms with Gasteiger partial charge in [-0.15, -0.1) is 0 Å². The molecule has 0 aliphatic heterocycles. The van der Waals surface area contributed by atoms with Crippen molar-refractivity contribution in [3.8, 4) is 0 Å². The molecule has 0 radical (unpaired) electrons. The van der Waals surface area contributed by atoms with E-state index in [1.807, 2.05) is 6.92 Å². The molecule has 1 unspecified atom stereocenters. The third-order valence-corrected chi connectivity index (χ3v) is 3.12. The van der Waals surface area contributed by atoms with Crippen LogP contribution in [0, 0.1) is 11.6 Å². The fourth-order valence-corrected chi connectivity index (χ4v) is 1.94. The Morgan fingerprint density at radius 1 is 1.14 bits per heavy atom. The predicted molar refractivity (Wildman–Crippen MR) is 77.7 cm³/mol. The van der Waals surface area contributed by atoms with Crippen molar-refractivity contribution in [3.63, 3.8) is 0 Å². The normalized spacial score (nSPS) is 12.0. The number of benzene rings is 2. The summed E-state index contributed by atoms with van der Waals surface area (Å²) >= 11 is 0. The lowest BCUT2D eigenvalue weighted by Crippen LogP contribution is -2.16. The van der Waals surface area contributed by atoms with E-state index in [1.54, 1.807) is 24.3 Å². The van der Waals surface area contributed by atoms with Crippen LogP contribution in [0.5, 0.6) is 0 Å². The van der Waals surface area contributed by atoms with Crippen LogP contribution in [0.15, 0.2) is 42.5 Å². The maximum absolute atomic E-state index is 13.5. The minimum absolute atomic E-state index is 0.0951. The average molecular weight is 290 g/mol. The van der Waals surface area contributed by atoms with Gasteiger partial charge in [-0.3, -0.25) is 4.79 Å². The van der Waals surface area contributed by atoms with Gasteiger partial charge in [0.2, 0.25) is 5.91 Å². The fraction of sp³-hybridized carbons (Fsp3) is 0.188. The van der Waals surface area contributed by atoms with Crippen molar-refractivity contribution in [3.05, 3.63) is 65.2 Å². The summed E-state index contributed by atoms with van der Waals surface area (Å²) in [5, 5.41) is 2.60. The van der Waals surface area contributed by atoms with Gasteiger partial charge in [0.25, 0.3) is 0 Å². The molecular weight excluding hydrogens is 274 g/mol. The van der Waals surface area contributed by atoms with Crippen molar-refractivity contribution >= 4 is 11.6 Å². The van der Waals surface area contributed by atoms with Gasteiger partial charge in [0, 0.05) is 17.3 Å². The average Bonchev–Trinajstić information content (AvgIpc) is 2.43. The number of nitrogens with one attached hydrogen (secondary N) is 1. The zero-order valence-electron chi connectivity index (χ0n) is 11.6. The molecular formula is C16H16F2N2O. The Kier molecular flexibility index (Phi) is 4.65. The van der Waals surface area contributed by atoms with Crippen LogP contribution in [0.4, 0.5) is 14.5 Å². The number of hydrogen-bond acceptors (Lipinski definition) is 2. The molecule has 21 heavy (non-hydrogen) atoms. The first-order valence-corrected chi connectivity index (χ1v) is 6.55. The molecule has 2 aromatic rings. The van der Waals surface area contributed by atoms with Crippen LogP contribution >= 0.6 is 0 Å². The number of carbonyl (C=O) groups excluding carboxylic acids is 1. The summed E-state index contributed by atoms with van der Waals surface area (Å²) in [4.78, 5) is 11.8. The van der Waals surface area contributed by atoms with Crippen molar-refractivity contribution in [1.29, 1.82) is 0 Å². The molecule has 3 N–H and O–H groups in total. The first kappa shape index (κ1) is 15.1. The van der Waals surface area contributed by atoms with Gasteiger partial charge in [0.15, 0.2) is 0 Å². The molecule has 0 saturated carbocycles. The highest BCUT2D eigenvalue weighted by Crippen LogP contribution is 2.16. The van der Waals surface area contributed by atoms with Gasteiger partial charge in [0.05, 0.1) is 6.42 Å². The molecule has 0 aromatic heterocycles. The Morgan fingerprint density at radius 2 is 1.71 bits per heavy atom. The second kappa shape index (κ2) is 6.45. The number of anilines is 1. The highest BCUT2D eigenvalue weighted by atomic mass is 19.1.